The average molecular weight is 326 g/mol. The second kappa shape index (κ2) is 6.28. The number of rotatable bonds is 3. The summed E-state index contributed by atoms with van der Waals surface area (Å²) in [6, 6.07) is 6.14. The number of hydrogen-bond acceptors (Lipinski definition) is 3. The van der Waals surface area contributed by atoms with Crippen LogP contribution in [-0.2, 0) is 11.3 Å². The number of aromatic nitrogens is 2. The number of aryl methyl sites for hydroxylation is 2. The molecule has 0 aliphatic rings. The van der Waals surface area contributed by atoms with E-state index in [1.165, 1.54) is 16.7 Å². The fraction of sp³-hybridized carbons (Fsp3) is 0.214. The maximum absolute atomic E-state index is 12.0. The number of nitrogens with one attached hydrogen (secondary N) is 1. The summed E-state index contributed by atoms with van der Waals surface area (Å²) in [6.07, 6.45) is 0. The van der Waals surface area contributed by atoms with E-state index in [2.05, 4.69) is 10.3 Å². The van der Waals surface area contributed by atoms with Crippen LogP contribution in [0.2, 0.25) is 10.0 Å². The summed E-state index contributed by atoms with van der Waals surface area (Å²) in [5.41, 5.74) is 0.795. The lowest BCUT2D eigenvalue weighted by Gasteiger charge is -2.11. The van der Waals surface area contributed by atoms with Gasteiger partial charge < -0.3 is 5.32 Å². The summed E-state index contributed by atoms with van der Waals surface area (Å²) < 4.78 is 1.30. The first-order chi connectivity index (χ1) is 9.86. The average Bonchev–Trinajstić information content (AvgIpc) is 2.37. The Labute approximate surface area is 131 Å². The minimum absolute atomic E-state index is 0.128. The SMILES string of the molecule is Cc1cc(=O)n(CC(=O)Nc2ccc(Cl)cc2Cl)c(C)n1. The monoisotopic (exact) mass is 325 g/mol. The molecule has 0 bridgehead atoms. The smallest absolute Gasteiger partial charge is 0.254 e. The predicted octanol–water partition coefficient (Wildman–Crippen LogP) is 2.81. The van der Waals surface area contributed by atoms with Crippen molar-refractivity contribution in [2.24, 2.45) is 0 Å². The van der Waals surface area contributed by atoms with Crippen molar-refractivity contribution in [1.29, 1.82) is 0 Å². The van der Waals surface area contributed by atoms with E-state index in [1.54, 1.807) is 26.0 Å². The lowest BCUT2D eigenvalue weighted by Crippen LogP contribution is -2.30. The van der Waals surface area contributed by atoms with Gasteiger partial charge in [0.15, 0.2) is 0 Å². The number of carbonyl (C=O) groups is 1. The summed E-state index contributed by atoms with van der Waals surface area (Å²) in [5.74, 6) is 0.118. The molecule has 7 heteroatoms. The van der Waals surface area contributed by atoms with Crippen LogP contribution in [0.3, 0.4) is 0 Å². The third-order valence-corrected chi connectivity index (χ3v) is 3.38. The highest BCUT2D eigenvalue weighted by Crippen LogP contribution is 2.25. The topological polar surface area (TPSA) is 64.0 Å². The van der Waals surface area contributed by atoms with E-state index >= 15 is 0 Å². The molecule has 0 aliphatic heterocycles. The number of carbonyl (C=O) groups excluding carboxylic acids is 1. The van der Waals surface area contributed by atoms with Crippen molar-refractivity contribution in [3.63, 3.8) is 0 Å². The molecule has 21 heavy (non-hydrogen) atoms. The number of benzene rings is 1. The van der Waals surface area contributed by atoms with Crippen molar-refractivity contribution < 1.29 is 4.79 Å². The molecule has 0 unspecified atom stereocenters. The van der Waals surface area contributed by atoms with Gasteiger partial charge in [0, 0.05) is 16.8 Å². The predicted molar refractivity (Wildman–Crippen MR) is 83.1 cm³/mol. The van der Waals surface area contributed by atoms with Gasteiger partial charge in [-0.15, -0.1) is 0 Å². The van der Waals surface area contributed by atoms with Crippen LogP contribution >= 0.6 is 23.2 Å². The van der Waals surface area contributed by atoms with Crippen LogP contribution < -0.4 is 10.9 Å². The van der Waals surface area contributed by atoms with Crippen LogP contribution in [0.25, 0.3) is 0 Å². The molecule has 1 N–H and O–H groups in total. The molecular formula is C14H13Cl2N3O2. The molecular weight excluding hydrogens is 313 g/mol. The van der Waals surface area contributed by atoms with Crippen molar-refractivity contribution in [3.8, 4) is 0 Å². The molecule has 1 aromatic heterocycles. The van der Waals surface area contributed by atoms with Crippen molar-refractivity contribution in [2.45, 2.75) is 20.4 Å². The minimum atomic E-state index is -0.366. The Morgan fingerprint density at radius 3 is 2.62 bits per heavy atom. The maximum Gasteiger partial charge on any atom is 0.254 e. The van der Waals surface area contributed by atoms with Gasteiger partial charge in [-0.2, -0.15) is 0 Å². The highest BCUT2D eigenvalue weighted by molar-refractivity contribution is 6.36. The van der Waals surface area contributed by atoms with Gasteiger partial charge in [-0.25, -0.2) is 4.98 Å². The molecule has 0 saturated carbocycles. The van der Waals surface area contributed by atoms with Crippen LogP contribution in [-0.4, -0.2) is 15.5 Å². The third-order valence-electron chi connectivity index (χ3n) is 2.83. The summed E-state index contributed by atoms with van der Waals surface area (Å²) in [4.78, 5) is 28.0. The Morgan fingerprint density at radius 2 is 2.00 bits per heavy atom. The van der Waals surface area contributed by atoms with E-state index in [9.17, 15) is 9.59 Å². The van der Waals surface area contributed by atoms with Gasteiger partial charge in [-0.1, -0.05) is 23.2 Å². The molecule has 2 aromatic rings. The molecule has 1 aromatic carbocycles. The van der Waals surface area contributed by atoms with E-state index in [-0.39, 0.29) is 18.0 Å². The van der Waals surface area contributed by atoms with E-state index in [1.807, 2.05) is 0 Å². The minimum Gasteiger partial charge on any atom is -0.323 e. The normalized spacial score (nSPS) is 10.5. The van der Waals surface area contributed by atoms with Crippen molar-refractivity contribution in [1.82, 2.24) is 9.55 Å². The van der Waals surface area contributed by atoms with Crippen LogP contribution in [0.1, 0.15) is 11.5 Å². The lowest BCUT2D eigenvalue weighted by molar-refractivity contribution is -0.116. The molecule has 0 radical (unpaired) electrons. The summed E-state index contributed by atoms with van der Waals surface area (Å²) in [6.45, 7) is 3.28. The number of hydrogen-bond donors (Lipinski definition) is 1. The summed E-state index contributed by atoms with van der Waals surface area (Å²) >= 11 is 11.8. The molecule has 2 rings (SSSR count). The molecule has 5 nitrogen and oxygen atoms in total. The van der Waals surface area contributed by atoms with Crippen molar-refractivity contribution in [2.75, 3.05) is 5.32 Å². The number of anilines is 1. The zero-order chi connectivity index (χ0) is 15.6. The van der Waals surface area contributed by atoms with Crippen LogP contribution in [0.15, 0.2) is 29.1 Å². The second-order valence-electron chi connectivity index (χ2n) is 4.54. The zero-order valence-corrected chi connectivity index (χ0v) is 13.0. The zero-order valence-electron chi connectivity index (χ0n) is 11.5. The third kappa shape index (κ3) is 3.83. The Kier molecular flexibility index (Phi) is 4.65. The Morgan fingerprint density at radius 1 is 1.29 bits per heavy atom. The van der Waals surface area contributed by atoms with Gasteiger partial charge in [0.1, 0.15) is 12.4 Å². The lowest BCUT2D eigenvalue weighted by atomic mass is 10.3. The Bertz CT molecular complexity index is 756. The fourth-order valence-electron chi connectivity index (χ4n) is 1.88. The number of amides is 1. The molecule has 0 spiro atoms. The number of halogens is 2. The molecule has 0 atom stereocenters. The van der Waals surface area contributed by atoms with E-state index < -0.39 is 0 Å². The summed E-state index contributed by atoms with van der Waals surface area (Å²) in [7, 11) is 0. The van der Waals surface area contributed by atoms with E-state index in [0.29, 0.717) is 27.3 Å². The maximum atomic E-state index is 12.0. The Balaban J connectivity index is 2.18. The largest absolute Gasteiger partial charge is 0.323 e. The Hall–Kier alpha value is -1.85. The van der Waals surface area contributed by atoms with E-state index in [4.69, 9.17) is 23.2 Å². The highest BCUT2D eigenvalue weighted by Gasteiger charge is 2.10. The van der Waals surface area contributed by atoms with Crippen molar-refractivity contribution in [3.05, 3.63) is 56.2 Å². The van der Waals surface area contributed by atoms with Gasteiger partial charge in [-0.05, 0) is 32.0 Å². The first-order valence-corrected chi connectivity index (χ1v) is 6.92. The molecule has 0 fully saturated rings. The van der Waals surface area contributed by atoms with Crippen LogP contribution in [0.4, 0.5) is 5.69 Å². The van der Waals surface area contributed by atoms with E-state index in [0.717, 1.165) is 0 Å². The van der Waals surface area contributed by atoms with Crippen LogP contribution in [0, 0.1) is 13.8 Å². The molecule has 110 valence electrons. The highest BCUT2D eigenvalue weighted by atomic mass is 35.5. The van der Waals surface area contributed by atoms with Gasteiger partial charge in [0.2, 0.25) is 5.91 Å². The van der Waals surface area contributed by atoms with Gasteiger partial charge in [0.25, 0.3) is 5.56 Å². The van der Waals surface area contributed by atoms with Crippen LogP contribution in [0.5, 0.6) is 0 Å². The molecule has 0 saturated heterocycles. The molecule has 0 aliphatic carbocycles. The number of nitrogens with zero attached hydrogens (tertiary/aromatic N) is 2. The second-order valence-corrected chi connectivity index (χ2v) is 5.39. The fourth-order valence-corrected chi connectivity index (χ4v) is 2.34. The van der Waals surface area contributed by atoms with Gasteiger partial charge in [-0.3, -0.25) is 14.2 Å². The van der Waals surface area contributed by atoms with Gasteiger partial charge in [0.05, 0.1) is 10.7 Å². The standard InChI is InChI=1S/C14H13Cl2N3O2/c1-8-5-14(21)19(9(2)17-8)7-13(20)18-12-4-3-10(15)6-11(12)16/h3-6H,7H2,1-2H3,(H,18,20). The van der Waals surface area contributed by atoms with Gasteiger partial charge >= 0.3 is 0 Å². The van der Waals surface area contributed by atoms with Crippen molar-refractivity contribution >= 4 is 34.8 Å². The molecule has 1 heterocycles. The summed E-state index contributed by atoms with van der Waals surface area (Å²) in [5, 5.41) is 3.45. The molecule has 1 amide bonds. The first-order valence-electron chi connectivity index (χ1n) is 6.17. The first kappa shape index (κ1) is 15.5. The quantitative estimate of drug-likeness (QED) is 0.943.